The van der Waals surface area contributed by atoms with Gasteiger partial charge in [0, 0.05) is 15.4 Å². The highest BCUT2D eigenvalue weighted by Gasteiger charge is 2.20. The summed E-state index contributed by atoms with van der Waals surface area (Å²) in [6.07, 6.45) is 5.11. The summed E-state index contributed by atoms with van der Waals surface area (Å²) in [5.74, 6) is 1.38. The van der Waals surface area contributed by atoms with Crippen LogP contribution in [0, 0.1) is 5.92 Å². The van der Waals surface area contributed by atoms with Gasteiger partial charge in [-0.1, -0.05) is 19.8 Å². The highest BCUT2D eigenvalue weighted by Crippen LogP contribution is 2.32. The molecule has 3 N–H and O–H groups in total. The van der Waals surface area contributed by atoms with Crippen LogP contribution < -0.4 is 11.1 Å². The molecule has 2 unspecified atom stereocenters. The first-order valence-corrected chi connectivity index (χ1v) is 8.85. The number of carbonyl (C=O) groups excluding carboxylic acids is 1. The lowest BCUT2D eigenvalue weighted by molar-refractivity contribution is -0.113. The lowest BCUT2D eigenvalue weighted by atomic mass is 9.91. The van der Waals surface area contributed by atoms with Crippen molar-refractivity contribution in [2.24, 2.45) is 5.92 Å². The van der Waals surface area contributed by atoms with Gasteiger partial charge in [-0.3, -0.25) is 4.79 Å². The number of nitrogen functional groups attached to an aromatic ring is 1. The standard InChI is InChI=1S/C15H21BrN2OS/c1-10-3-2-4-12(7-10)20-9-15(19)18-14-6-5-11(17)8-13(14)16/h5-6,8,10,12H,2-4,7,9,17H2,1H3,(H,18,19). The number of nitrogens with two attached hydrogens (primary N) is 1. The summed E-state index contributed by atoms with van der Waals surface area (Å²) in [6.45, 7) is 2.30. The number of thioether (sulfide) groups is 1. The lowest BCUT2D eigenvalue weighted by Crippen LogP contribution is -2.20. The molecule has 2 rings (SSSR count). The number of amides is 1. The quantitative estimate of drug-likeness (QED) is 0.791. The van der Waals surface area contributed by atoms with E-state index in [-0.39, 0.29) is 5.91 Å². The molecule has 1 saturated carbocycles. The van der Waals surface area contributed by atoms with Gasteiger partial charge in [0.1, 0.15) is 0 Å². The highest BCUT2D eigenvalue weighted by atomic mass is 79.9. The Labute approximate surface area is 133 Å². The molecule has 0 bridgehead atoms. The number of hydrogen-bond acceptors (Lipinski definition) is 3. The largest absolute Gasteiger partial charge is 0.399 e. The molecule has 0 heterocycles. The minimum absolute atomic E-state index is 0.0543. The smallest absolute Gasteiger partial charge is 0.234 e. The van der Waals surface area contributed by atoms with Crippen molar-refractivity contribution in [1.29, 1.82) is 0 Å². The zero-order valence-corrected chi connectivity index (χ0v) is 14.1. The summed E-state index contributed by atoms with van der Waals surface area (Å²) in [4.78, 5) is 12.0. The SMILES string of the molecule is CC1CCCC(SCC(=O)Nc2ccc(N)cc2Br)C1. The Kier molecular flexibility index (Phi) is 5.78. The van der Waals surface area contributed by atoms with E-state index in [0.717, 1.165) is 16.1 Å². The van der Waals surface area contributed by atoms with E-state index in [1.807, 2.05) is 6.07 Å². The van der Waals surface area contributed by atoms with E-state index in [9.17, 15) is 4.79 Å². The van der Waals surface area contributed by atoms with Crippen molar-refractivity contribution in [3.8, 4) is 0 Å². The van der Waals surface area contributed by atoms with Crippen LogP contribution in [0.15, 0.2) is 22.7 Å². The molecule has 2 atom stereocenters. The predicted molar refractivity (Wildman–Crippen MR) is 91.1 cm³/mol. The molecule has 1 amide bonds. The monoisotopic (exact) mass is 356 g/mol. The molecule has 1 fully saturated rings. The van der Waals surface area contributed by atoms with Crippen molar-refractivity contribution in [3.05, 3.63) is 22.7 Å². The van der Waals surface area contributed by atoms with Crippen molar-refractivity contribution >= 4 is 45.0 Å². The van der Waals surface area contributed by atoms with E-state index < -0.39 is 0 Å². The van der Waals surface area contributed by atoms with E-state index in [0.29, 0.717) is 16.7 Å². The Balaban J connectivity index is 1.80. The fourth-order valence-corrected chi connectivity index (χ4v) is 4.30. The molecule has 20 heavy (non-hydrogen) atoms. The first-order chi connectivity index (χ1) is 9.54. The number of nitrogens with one attached hydrogen (secondary N) is 1. The minimum Gasteiger partial charge on any atom is -0.399 e. The van der Waals surface area contributed by atoms with E-state index in [4.69, 9.17) is 5.73 Å². The normalized spacial score (nSPS) is 22.5. The Morgan fingerprint density at radius 2 is 2.30 bits per heavy atom. The van der Waals surface area contributed by atoms with E-state index in [2.05, 4.69) is 28.2 Å². The number of anilines is 2. The molecule has 0 radical (unpaired) electrons. The molecule has 1 aromatic carbocycles. The number of halogens is 1. The lowest BCUT2D eigenvalue weighted by Gasteiger charge is -2.25. The third-order valence-corrected chi connectivity index (χ3v) is 5.59. The third-order valence-electron chi connectivity index (χ3n) is 3.61. The van der Waals surface area contributed by atoms with Crippen LogP contribution in [0.1, 0.15) is 32.6 Å². The number of benzene rings is 1. The van der Waals surface area contributed by atoms with Gasteiger partial charge in [0.25, 0.3) is 0 Å². The maximum atomic E-state index is 12.0. The van der Waals surface area contributed by atoms with Gasteiger partial charge in [0.05, 0.1) is 11.4 Å². The van der Waals surface area contributed by atoms with E-state index in [1.54, 1.807) is 23.9 Å². The van der Waals surface area contributed by atoms with Crippen LogP contribution in [-0.4, -0.2) is 16.9 Å². The second kappa shape index (κ2) is 7.36. The molecule has 0 aliphatic heterocycles. The van der Waals surface area contributed by atoms with Gasteiger partial charge < -0.3 is 11.1 Å². The molecule has 0 spiro atoms. The van der Waals surface area contributed by atoms with Gasteiger partial charge in [-0.2, -0.15) is 0 Å². The Hall–Kier alpha value is -0.680. The fraction of sp³-hybridized carbons (Fsp3) is 0.533. The molecule has 1 aromatic rings. The average Bonchev–Trinajstić information content (AvgIpc) is 2.40. The summed E-state index contributed by atoms with van der Waals surface area (Å²) in [5, 5.41) is 3.56. The molecular weight excluding hydrogens is 336 g/mol. The first-order valence-electron chi connectivity index (χ1n) is 7.01. The molecule has 1 aliphatic rings. The van der Waals surface area contributed by atoms with Crippen LogP contribution in [-0.2, 0) is 4.79 Å². The molecular formula is C15H21BrN2OS. The summed E-state index contributed by atoms with van der Waals surface area (Å²) >= 11 is 5.20. The fourth-order valence-electron chi connectivity index (χ4n) is 2.54. The van der Waals surface area contributed by atoms with Crippen molar-refractivity contribution in [2.45, 2.75) is 37.9 Å². The second-order valence-corrected chi connectivity index (χ2v) is 7.64. The molecule has 3 nitrogen and oxygen atoms in total. The molecule has 1 aliphatic carbocycles. The van der Waals surface area contributed by atoms with E-state index >= 15 is 0 Å². The van der Waals surface area contributed by atoms with Gasteiger partial charge in [0.15, 0.2) is 0 Å². The predicted octanol–water partition coefficient (Wildman–Crippen LogP) is 4.28. The molecule has 110 valence electrons. The van der Waals surface area contributed by atoms with Crippen LogP contribution in [0.2, 0.25) is 0 Å². The van der Waals surface area contributed by atoms with Gasteiger partial charge in [-0.25, -0.2) is 0 Å². The van der Waals surface area contributed by atoms with Crippen molar-refractivity contribution in [2.75, 3.05) is 16.8 Å². The summed E-state index contributed by atoms with van der Waals surface area (Å²) < 4.78 is 0.821. The maximum Gasteiger partial charge on any atom is 0.234 e. The van der Waals surface area contributed by atoms with Crippen LogP contribution in [0.25, 0.3) is 0 Å². The van der Waals surface area contributed by atoms with Gasteiger partial charge in [-0.15, -0.1) is 11.8 Å². The third kappa shape index (κ3) is 4.70. The van der Waals surface area contributed by atoms with Crippen molar-refractivity contribution < 1.29 is 4.79 Å². The summed E-state index contributed by atoms with van der Waals surface area (Å²) in [6, 6.07) is 5.41. The van der Waals surface area contributed by atoms with Crippen LogP contribution in [0.4, 0.5) is 11.4 Å². The molecule has 0 saturated heterocycles. The zero-order chi connectivity index (χ0) is 14.5. The van der Waals surface area contributed by atoms with Gasteiger partial charge in [0.2, 0.25) is 5.91 Å². The second-order valence-electron chi connectivity index (χ2n) is 5.49. The van der Waals surface area contributed by atoms with Crippen LogP contribution in [0.5, 0.6) is 0 Å². The minimum atomic E-state index is 0.0543. The van der Waals surface area contributed by atoms with E-state index in [1.165, 1.54) is 25.7 Å². The number of carbonyl (C=O) groups is 1. The Morgan fingerprint density at radius 3 is 3.00 bits per heavy atom. The van der Waals surface area contributed by atoms with Gasteiger partial charge in [-0.05, 0) is 52.9 Å². The Bertz CT molecular complexity index is 481. The molecule has 0 aromatic heterocycles. The van der Waals surface area contributed by atoms with Crippen molar-refractivity contribution in [1.82, 2.24) is 0 Å². The van der Waals surface area contributed by atoms with Crippen molar-refractivity contribution in [3.63, 3.8) is 0 Å². The Morgan fingerprint density at radius 1 is 1.50 bits per heavy atom. The van der Waals surface area contributed by atoms with Gasteiger partial charge >= 0.3 is 0 Å². The zero-order valence-electron chi connectivity index (χ0n) is 11.7. The van der Waals surface area contributed by atoms with Crippen LogP contribution in [0.3, 0.4) is 0 Å². The number of hydrogen-bond donors (Lipinski definition) is 2. The molecule has 5 heteroatoms. The van der Waals surface area contributed by atoms with Crippen LogP contribution >= 0.6 is 27.7 Å². The topological polar surface area (TPSA) is 55.1 Å². The highest BCUT2D eigenvalue weighted by molar-refractivity contribution is 9.10. The summed E-state index contributed by atoms with van der Waals surface area (Å²) in [7, 11) is 0. The number of rotatable bonds is 4. The average molecular weight is 357 g/mol. The first kappa shape index (κ1) is 15.7. The summed E-state index contributed by atoms with van der Waals surface area (Å²) in [5.41, 5.74) is 7.14. The maximum absolute atomic E-state index is 12.0.